The topological polar surface area (TPSA) is 91.3 Å². The Hall–Kier alpha value is -3.78. The molecule has 0 spiro atoms. The molecule has 2 N–H and O–H groups in total. The maximum absolute atomic E-state index is 5.11. The standard InChI is InChI=1S/C31H36N8/c1-6-39-14-13-25-28(31(39,3)4)35-30(33-25)22-11-9-21(15-18(22)2)29-34-26(38(5)37-29)16-20-10-12-24-23(17-32-36-24)27(20)19-7-8-19/h9-12,15,17,19H,6-8,13-14,16H2,1-5H3,(H,32,36)(H,33,35). The van der Waals surface area contributed by atoms with Gasteiger partial charge in [-0.2, -0.15) is 10.2 Å². The first-order chi connectivity index (χ1) is 18.8. The smallest absolute Gasteiger partial charge is 0.181 e. The summed E-state index contributed by atoms with van der Waals surface area (Å²) in [5.41, 5.74) is 9.55. The fourth-order valence-electron chi connectivity index (χ4n) is 6.48. The van der Waals surface area contributed by atoms with Crippen molar-refractivity contribution in [3.05, 3.63) is 70.4 Å². The lowest BCUT2D eigenvalue weighted by Gasteiger charge is -2.40. The second-order valence-electron chi connectivity index (χ2n) is 11.7. The molecule has 1 saturated carbocycles. The molecule has 0 bridgehead atoms. The van der Waals surface area contributed by atoms with Gasteiger partial charge in [-0.1, -0.05) is 25.1 Å². The Morgan fingerprint density at radius 2 is 1.95 bits per heavy atom. The Morgan fingerprint density at radius 1 is 1.10 bits per heavy atom. The quantitative estimate of drug-likeness (QED) is 0.302. The zero-order chi connectivity index (χ0) is 26.9. The number of hydrogen-bond donors (Lipinski definition) is 2. The second-order valence-corrected chi connectivity index (χ2v) is 11.7. The summed E-state index contributed by atoms with van der Waals surface area (Å²) in [7, 11) is 1.99. The van der Waals surface area contributed by atoms with Crippen LogP contribution in [0.15, 0.2) is 36.5 Å². The first-order valence-corrected chi connectivity index (χ1v) is 14.1. The Labute approximate surface area is 228 Å². The van der Waals surface area contributed by atoms with Gasteiger partial charge in [0, 0.05) is 48.6 Å². The number of rotatable bonds is 6. The number of nitrogens with zero attached hydrogens (tertiary/aromatic N) is 6. The molecule has 1 aliphatic carbocycles. The van der Waals surface area contributed by atoms with Crippen molar-refractivity contribution in [2.75, 3.05) is 13.1 Å². The number of fused-ring (bicyclic) bond motifs is 2. The van der Waals surface area contributed by atoms with Crippen LogP contribution in [0.1, 0.15) is 73.4 Å². The van der Waals surface area contributed by atoms with Crippen LogP contribution >= 0.6 is 0 Å². The summed E-state index contributed by atoms with van der Waals surface area (Å²) in [4.78, 5) is 16.2. The molecule has 0 amide bonds. The molecule has 200 valence electrons. The highest BCUT2D eigenvalue weighted by molar-refractivity contribution is 5.84. The summed E-state index contributed by atoms with van der Waals surface area (Å²) in [6.07, 6.45) is 6.23. The third-order valence-electron chi connectivity index (χ3n) is 8.85. The normalized spacial score (nSPS) is 17.2. The SMILES string of the molecule is CCN1CCc2[nH]c(-c3ccc(-c4nc(Cc5ccc6[nH]ncc6c5C5CC5)n(C)n4)cc3C)nc2C1(C)C. The molecule has 5 aromatic rings. The van der Waals surface area contributed by atoms with Crippen LogP contribution in [0.3, 0.4) is 0 Å². The average molecular weight is 521 g/mol. The molecule has 8 heteroatoms. The summed E-state index contributed by atoms with van der Waals surface area (Å²) in [5, 5.41) is 13.5. The van der Waals surface area contributed by atoms with E-state index in [2.05, 4.69) is 78.1 Å². The summed E-state index contributed by atoms with van der Waals surface area (Å²) in [6, 6.07) is 10.8. The second kappa shape index (κ2) is 8.88. The molecule has 4 heterocycles. The fourth-order valence-corrected chi connectivity index (χ4v) is 6.48. The molecule has 1 aliphatic heterocycles. The predicted octanol–water partition coefficient (Wildman–Crippen LogP) is 5.64. The third-order valence-corrected chi connectivity index (χ3v) is 8.85. The molecular weight excluding hydrogens is 484 g/mol. The van der Waals surface area contributed by atoms with Crippen molar-refractivity contribution in [2.45, 2.75) is 64.8 Å². The van der Waals surface area contributed by atoms with E-state index in [0.717, 1.165) is 60.0 Å². The molecule has 0 radical (unpaired) electrons. The van der Waals surface area contributed by atoms with Gasteiger partial charge in [-0.05, 0) is 74.9 Å². The van der Waals surface area contributed by atoms with E-state index in [9.17, 15) is 0 Å². The van der Waals surface area contributed by atoms with Gasteiger partial charge in [-0.25, -0.2) is 9.97 Å². The van der Waals surface area contributed by atoms with Crippen LogP contribution in [-0.2, 0) is 25.4 Å². The number of nitrogens with one attached hydrogen (secondary N) is 2. The summed E-state index contributed by atoms with van der Waals surface area (Å²) >= 11 is 0. The fraction of sp³-hybridized carbons (Fsp3) is 0.419. The van der Waals surface area contributed by atoms with E-state index in [0.29, 0.717) is 5.92 Å². The van der Waals surface area contributed by atoms with Crippen molar-refractivity contribution in [3.8, 4) is 22.8 Å². The van der Waals surface area contributed by atoms with Crippen LogP contribution in [0.2, 0.25) is 0 Å². The molecule has 3 aromatic heterocycles. The van der Waals surface area contributed by atoms with E-state index < -0.39 is 0 Å². The molecule has 0 unspecified atom stereocenters. The molecule has 1 fully saturated rings. The van der Waals surface area contributed by atoms with E-state index in [1.165, 1.54) is 46.3 Å². The van der Waals surface area contributed by atoms with Crippen LogP contribution in [0.5, 0.6) is 0 Å². The van der Waals surface area contributed by atoms with Crippen LogP contribution in [0.4, 0.5) is 0 Å². The van der Waals surface area contributed by atoms with Crippen LogP contribution in [-0.4, -0.2) is 52.9 Å². The van der Waals surface area contributed by atoms with Gasteiger partial charge in [0.15, 0.2) is 5.82 Å². The molecule has 8 nitrogen and oxygen atoms in total. The average Bonchev–Trinajstić information content (AvgIpc) is 3.29. The van der Waals surface area contributed by atoms with Crippen LogP contribution in [0.25, 0.3) is 33.7 Å². The van der Waals surface area contributed by atoms with Crippen molar-refractivity contribution in [2.24, 2.45) is 7.05 Å². The Bertz CT molecular complexity index is 1700. The van der Waals surface area contributed by atoms with Crippen molar-refractivity contribution < 1.29 is 0 Å². The minimum absolute atomic E-state index is 0.0687. The van der Waals surface area contributed by atoms with Gasteiger partial charge in [0.05, 0.1) is 22.9 Å². The van der Waals surface area contributed by atoms with Gasteiger partial charge in [0.2, 0.25) is 0 Å². The van der Waals surface area contributed by atoms with Crippen LogP contribution < -0.4 is 0 Å². The molecule has 2 aromatic carbocycles. The van der Waals surface area contributed by atoms with E-state index >= 15 is 0 Å². The monoisotopic (exact) mass is 520 g/mol. The molecule has 7 rings (SSSR count). The lowest BCUT2D eigenvalue weighted by Crippen LogP contribution is -2.46. The Morgan fingerprint density at radius 3 is 2.72 bits per heavy atom. The predicted molar refractivity (Wildman–Crippen MR) is 154 cm³/mol. The molecular formula is C31H36N8. The maximum Gasteiger partial charge on any atom is 0.181 e. The number of H-pyrrole nitrogens is 2. The first-order valence-electron chi connectivity index (χ1n) is 14.1. The van der Waals surface area contributed by atoms with Crippen LogP contribution in [0, 0.1) is 6.92 Å². The molecule has 2 aliphatic rings. The number of benzene rings is 2. The highest BCUT2D eigenvalue weighted by Crippen LogP contribution is 2.45. The van der Waals surface area contributed by atoms with Gasteiger partial charge in [0.25, 0.3) is 0 Å². The highest BCUT2D eigenvalue weighted by Gasteiger charge is 2.36. The van der Waals surface area contributed by atoms with Gasteiger partial charge >= 0.3 is 0 Å². The Balaban J connectivity index is 1.18. The molecule has 0 atom stereocenters. The largest absolute Gasteiger partial charge is 0.342 e. The van der Waals surface area contributed by atoms with Crippen molar-refractivity contribution >= 4 is 10.9 Å². The van der Waals surface area contributed by atoms with Crippen molar-refractivity contribution in [1.29, 1.82) is 0 Å². The van der Waals surface area contributed by atoms with Crippen molar-refractivity contribution in [3.63, 3.8) is 0 Å². The number of hydrogen-bond acceptors (Lipinski definition) is 5. The maximum atomic E-state index is 5.11. The van der Waals surface area contributed by atoms with Gasteiger partial charge in [0.1, 0.15) is 11.6 Å². The van der Waals surface area contributed by atoms with E-state index in [1.54, 1.807) is 0 Å². The number of aryl methyl sites for hydroxylation is 2. The zero-order valence-electron chi connectivity index (χ0n) is 23.5. The third kappa shape index (κ3) is 4.00. The van der Waals surface area contributed by atoms with Gasteiger partial charge in [-0.15, -0.1) is 0 Å². The minimum Gasteiger partial charge on any atom is -0.342 e. The van der Waals surface area contributed by atoms with Crippen molar-refractivity contribution in [1.82, 2.24) is 39.8 Å². The van der Waals surface area contributed by atoms with E-state index in [-0.39, 0.29) is 5.54 Å². The number of likely N-dealkylation sites (N-methyl/N-ethyl adjacent to an activating group) is 1. The summed E-state index contributed by atoms with van der Waals surface area (Å²) < 4.78 is 1.93. The molecule has 39 heavy (non-hydrogen) atoms. The van der Waals surface area contributed by atoms with E-state index in [1.807, 2.05) is 17.9 Å². The number of imidazole rings is 1. The van der Waals surface area contributed by atoms with Gasteiger partial charge < -0.3 is 4.98 Å². The molecule has 0 saturated heterocycles. The van der Waals surface area contributed by atoms with Gasteiger partial charge in [-0.3, -0.25) is 14.7 Å². The lowest BCUT2D eigenvalue weighted by molar-refractivity contribution is 0.110. The Kier molecular flexibility index (Phi) is 5.53. The lowest BCUT2D eigenvalue weighted by atomic mass is 9.91. The highest BCUT2D eigenvalue weighted by atomic mass is 15.3. The minimum atomic E-state index is -0.0687. The summed E-state index contributed by atoms with van der Waals surface area (Å²) in [5.74, 6) is 3.31. The summed E-state index contributed by atoms with van der Waals surface area (Å²) in [6.45, 7) is 11.0. The first kappa shape index (κ1) is 24.3. The van der Waals surface area contributed by atoms with E-state index in [4.69, 9.17) is 15.1 Å². The number of aromatic amines is 2. The number of aromatic nitrogens is 7. The zero-order valence-corrected chi connectivity index (χ0v) is 23.5.